The van der Waals surface area contributed by atoms with Crippen molar-refractivity contribution in [2.75, 3.05) is 5.33 Å². The number of aryl methyl sites for hydroxylation is 1. The molecule has 0 radical (unpaired) electrons. The van der Waals surface area contributed by atoms with Crippen LogP contribution < -0.4 is 0 Å². The Morgan fingerprint density at radius 3 is 2.12 bits per heavy atom. The number of carbonyl (C=O) groups is 2. The quantitative estimate of drug-likeness (QED) is 0.458. The molecule has 0 spiro atoms. The van der Waals surface area contributed by atoms with Crippen LogP contribution in [0.1, 0.15) is 44.7 Å². The van der Waals surface area contributed by atoms with Crippen LogP contribution in [0.4, 0.5) is 0 Å². The topological polar surface area (TPSA) is 63.6 Å². The second-order valence-electron chi connectivity index (χ2n) is 6.76. The molecule has 1 aliphatic carbocycles. The van der Waals surface area contributed by atoms with Crippen LogP contribution in [0.25, 0.3) is 0 Å². The van der Waals surface area contributed by atoms with Crippen molar-refractivity contribution in [3.8, 4) is 0 Å². The van der Waals surface area contributed by atoms with Crippen LogP contribution in [-0.2, 0) is 26.2 Å². The van der Waals surface area contributed by atoms with Crippen LogP contribution >= 0.6 is 15.9 Å². The second kappa shape index (κ2) is 8.47. The molecule has 0 bridgehead atoms. The zero-order valence-corrected chi connectivity index (χ0v) is 16.1. The van der Waals surface area contributed by atoms with E-state index >= 15 is 0 Å². The molecule has 1 aromatic carbocycles. The Morgan fingerprint density at radius 2 is 1.83 bits per heavy atom. The van der Waals surface area contributed by atoms with E-state index in [4.69, 9.17) is 9.84 Å². The first-order valence-corrected chi connectivity index (χ1v) is 9.01. The summed E-state index contributed by atoms with van der Waals surface area (Å²) < 4.78 is 4.83. The molecular weight excluding hydrogens is 372 g/mol. The van der Waals surface area contributed by atoms with Gasteiger partial charge in [0.2, 0.25) is 0 Å². The average molecular weight is 397 g/mol. The SMILES string of the molecule is C=CC(=O)OC(C)(C)C.O=C(O)C1(c2ccc(CCBr)cc2)CC1. The van der Waals surface area contributed by atoms with Gasteiger partial charge in [-0.25, -0.2) is 4.79 Å². The summed E-state index contributed by atoms with van der Waals surface area (Å²) in [6.07, 6.45) is 3.70. The standard InChI is InChI=1S/C12H13BrO2.C7H12O2/c13-8-5-9-1-3-10(4-2-9)12(6-7-12)11(14)15;1-5-6(8)9-7(2,3)4/h1-4H,5-8H2,(H,14,15);5H,1H2,2-4H3. The molecule has 0 amide bonds. The van der Waals surface area contributed by atoms with E-state index in [2.05, 4.69) is 22.5 Å². The smallest absolute Gasteiger partial charge is 0.330 e. The lowest BCUT2D eigenvalue weighted by Crippen LogP contribution is -2.22. The largest absolute Gasteiger partial charge is 0.481 e. The predicted octanol–water partition coefficient (Wildman–Crippen LogP) is 4.25. The first kappa shape index (κ1) is 20.4. The Labute approximate surface area is 152 Å². The Balaban J connectivity index is 0.000000277. The molecule has 1 aliphatic rings. The van der Waals surface area contributed by atoms with E-state index < -0.39 is 17.0 Å². The minimum Gasteiger partial charge on any atom is -0.481 e. The fourth-order valence-corrected chi connectivity index (χ4v) is 2.65. The Hall–Kier alpha value is -1.62. The normalized spacial score (nSPS) is 14.8. The molecule has 132 valence electrons. The monoisotopic (exact) mass is 396 g/mol. The van der Waals surface area contributed by atoms with Crippen molar-refractivity contribution in [2.24, 2.45) is 0 Å². The van der Waals surface area contributed by atoms with Crippen LogP contribution in [0.2, 0.25) is 0 Å². The highest BCUT2D eigenvalue weighted by Gasteiger charge is 2.51. The van der Waals surface area contributed by atoms with Gasteiger partial charge in [0.05, 0.1) is 5.41 Å². The molecule has 5 heteroatoms. The van der Waals surface area contributed by atoms with Crippen LogP contribution in [0.15, 0.2) is 36.9 Å². The third-order valence-corrected chi connectivity index (χ3v) is 4.02. The number of carbonyl (C=O) groups excluding carboxylic acids is 1. The van der Waals surface area contributed by atoms with Gasteiger partial charge in [0.15, 0.2) is 0 Å². The van der Waals surface area contributed by atoms with Crippen molar-refractivity contribution in [2.45, 2.75) is 51.0 Å². The molecule has 0 aromatic heterocycles. The van der Waals surface area contributed by atoms with E-state index in [1.165, 1.54) is 5.56 Å². The summed E-state index contributed by atoms with van der Waals surface area (Å²) in [5.74, 6) is -1.06. The molecule has 24 heavy (non-hydrogen) atoms. The van der Waals surface area contributed by atoms with Gasteiger partial charge >= 0.3 is 11.9 Å². The number of halogens is 1. The van der Waals surface area contributed by atoms with E-state index in [0.717, 1.165) is 36.2 Å². The van der Waals surface area contributed by atoms with Crippen molar-refractivity contribution >= 4 is 27.9 Å². The first-order valence-electron chi connectivity index (χ1n) is 7.89. The lowest BCUT2D eigenvalue weighted by molar-refractivity contribution is -0.148. The summed E-state index contributed by atoms with van der Waals surface area (Å²) in [6, 6.07) is 7.97. The summed E-state index contributed by atoms with van der Waals surface area (Å²) in [4.78, 5) is 21.6. The number of alkyl halides is 1. The lowest BCUT2D eigenvalue weighted by atomic mass is 9.95. The Morgan fingerprint density at radius 1 is 1.29 bits per heavy atom. The van der Waals surface area contributed by atoms with E-state index in [-0.39, 0.29) is 5.97 Å². The number of hydrogen-bond acceptors (Lipinski definition) is 3. The highest BCUT2D eigenvalue weighted by atomic mass is 79.9. The van der Waals surface area contributed by atoms with Crippen molar-refractivity contribution in [1.29, 1.82) is 0 Å². The molecule has 1 N–H and O–H groups in total. The molecule has 0 unspecified atom stereocenters. The zero-order chi connectivity index (χ0) is 18.4. The maximum atomic E-state index is 11.1. The highest BCUT2D eigenvalue weighted by molar-refractivity contribution is 9.09. The van der Waals surface area contributed by atoms with Gasteiger partial charge in [0, 0.05) is 11.4 Å². The van der Waals surface area contributed by atoms with Gasteiger partial charge in [-0.1, -0.05) is 46.8 Å². The van der Waals surface area contributed by atoms with Gasteiger partial charge in [-0.2, -0.15) is 0 Å². The first-order chi connectivity index (χ1) is 11.1. The number of rotatable bonds is 5. The van der Waals surface area contributed by atoms with Crippen molar-refractivity contribution in [3.05, 3.63) is 48.0 Å². The highest BCUT2D eigenvalue weighted by Crippen LogP contribution is 2.48. The fourth-order valence-electron chi connectivity index (χ4n) is 2.19. The van der Waals surface area contributed by atoms with Crippen LogP contribution in [0.3, 0.4) is 0 Å². The molecule has 1 aromatic rings. The van der Waals surface area contributed by atoms with Gasteiger partial charge < -0.3 is 9.84 Å². The summed E-state index contributed by atoms with van der Waals surface area (Å²) in [7, 11) is 0. The van der Waals surface area contributed by atoms with E-state index in [9.17, 15) is 9.59 Å². The van der Waals surface area contributed by atoms with E-state index in [1.54, 1.807) is 0 Å². The molecule has 4 nitrogen and oxygen atoms in total. The number of ether oxygens (including phenoxy) is 1. The van der Waals surface area contributed by atoms with Crippen LogP contribution in [-0.4, -0.2) is 28.0 Å². The number of carboxylic acids is 1. The summed E-state index contributed by atoms with van der Waals surface area (Å²) in [6.45, 7) is 8.71. The van der Waals surface area contributed by atoms with Crippen LogP contribution in [0.5, 0.6) is 0 Å². The molecule has 0 heterocycles. The van der Waals surface area contributed by atoms with E-state index in [1.807, 2.05) is 45.0 Å². The minimum absolute atomic E-state index is 0.373. The average Bonchev–Trinajstić information content (AvgIpc) is 3.29. The molecule has 0 aliphatic heterocycles. The predicted molar refractivity (Wildman–Crippen MR) is 98.5 cm³/mol. The van der Waals surface area contributed by atoms with Crippen molar-refractivity contribution in [3.63, 3.8) is 0 Å². The molecule has 1 saturated carbocycles. The third kappa shape index (κ3) is 6.11. The fraction of sp³-hybridized carbons (Fsp3) is 0.474. The van der Waals surface area contributed by atoms with Gasteiger partial charge in [0.25, 0.3) is 0 Å². The maximum absolute atomic E-state index is 11.1. The van der Waals surface area contributed by atoms with Crippen LogP contribution in [0, 0.1) is 0 Å². The summed E-state index contributed by atoms with van der Waals surface area (Å²) >= 11 is 3.39. The lowest BCUT2D eigenvalue weighted by Gasteiger charge is -2.17. The number of hydrogen-bond donors (Lipinski definition) is 1. The Kier molecular flexibility index (Phi) is 7.21. The second-order valence-corrected chi connectivity index (χ2v) is 7.55. The minimum atomic E-state index is -0.684. The number of esters is 1. The van der Waals surface area contributed by atoms with Crippen molar-refractivity contribution in [1.82, 2.24) is 0 Å². The molecule has 0 saturated heterocycles. The third-order valence-electron chi connectivity index (χ3n) is 3.62. The molecule has 2 rings (SSSR count). The van der Waals surface area contributed by atoms with E-state index in [0.29, 0.717) is 0 Å². The maximum Gasteiger partial charge on any atom is 0.330 e. The molecule has 1 fully saturated rings. The summed E-state index contributed by atoms with van der Waals surface area (Å²) in [5, 5.41) is 10.1. The molecular formula is C19H25BrO4. The number of carboxylic acid groups (broad SMARTS) is 1. The van der Waals surface area contributed by atoms with Gasteiger partial charge in [0.1, 0.15) is 5.60 Å². The van der Waals surface area contributed by atoms with Gasteiger partial charge in [-0.3, -0.25) is 4.79 Å². The molecule has 0 atom stereocenters. The van der Waals surface area contributed by atoms with Crippen molar-refractivity contribution < 1.29 is 19.4 Å². The van der Waals surface area contributed by atoms with Gasteiger partial charge in [-0.15, -0.1) is 0 Å². The summed E-state index contributed by atoms with van der Waals surface area (Å²) in [5.41, 5.74) is 1.24. The zero-order valence-electron chi connectivity index (χ0n) is 14.5. The number of benzene rings is 1. The van der Waals surface area contributed by atoms with Gasteiger partial charge in [-0.05, 0) is 51.2 Å². The Bertz CT molecular complexity index is 580. The number of aliphatic carboxylic acids is 1.